The molecular formula is C34H38N10O7S. The summed E-state index contributed by atoms with van der Waals surface area (Å²) in [5.74, 6) is -0.358. The van der Waals surface area contributed by atoms with E-state index in [4.69, 9.17) is 0 Å². The van der Waals surface area contributed by atoms with Gasteiger partial charge in [0.2, 0.25) is 11.4 Å². The summed E-state index contributed by atoms with van der Waals surface area (Å²) in [6.45, 7) is 5.18. The monoisotopic (exact) mass is 730 g/mol. The highest BCUT2D eigenvalue weighted by atomic mass is 32.2. The second-order valence-corrected chi connectivity index (χ2v) is 14.2. The molecule has 0 bridgehead atoms. The number of benzene rings is 2. The van der Waals surface area contributed by atoms with Crippen LogP contribution in [0, 0.1) is 10.1 Å². The minimum atomic E-state index is -4.26. The molecule has 4 N–H and O–H groups in total. The fourth-order valence-electron chi connectivity index (χ4n) is 6.24. The molecule has 3 amide bonds. The quantitative estimate of drug-likeness (QED) is 0.0783. The van der Waals surface area contributed by atoms with Crippen LogP contribution in [0.4, 0.5) is 21.9 Å². The summed E-state index contributed by atoms with van der Waals surface area (Å²) >= 11 is 0. The highest BCUT2D eigenvalue weighted by molar-refractivity contribution is 7.90. The van der Waals surface area contributed by atoms with Gasteiger partial charge in [0, 0.05) is 49.6 Å². The van der Waals surface area contributed by atoms with E-state index in [1.165, 1.54) is 29.8 Å². The van der Waals surface area contributed by atoms with Crippen molar-refractivity contribution in [3.8, 4) is 0 Å². The smallest absolute Gasteiger partial charge is 0.333 e. The molecule has 4 aromatic rings. The third kappa shape index (κ3) is 8.68. The van der Waals surface area contributed by atoms with Gasteiger partial charge in [0.25, 0.3) is 10.0 Å². The van der Waals surface area contributed by atoms with E-state index in [0.29, 0.717) is 49.4 Å². The van der Waals surface area contributed by atoms with Crippen LogP contribution >= 0.6 is 0 Å². The number of nitro groups is 1. The number of allylic oxidation sites excluding steroid dienone is 4. The van der Waals surface area contributed by atoms with Crippen LogP contribution in [0.2, 0.25) is 0 Å². The molecule has 2 aliphatic rings. The van der Waals surface area contributed by atoms with Crippen molar-refractivity contribution >= 4 is 50.1 Å². The van der Waals surface area contributed by atoms with Crippen molar-refractivity contribution in [1.82, 2.24) is 35.3 Å². The van der Waals surface area contributed by atoms with Gasteiger partial charge >= 0.3 is 11.7 Å². The molecule has 2 aromatic heterocycles. The molecule has 1 saturated carbocycles. The van der Waals surface area contributed by atoms with Gasteiger partial charge in [-0.1, -0.05) is 23.9 Å². The van der Waals surface area contributed by atoms with Crippen molar-refractivity contribution in [3.63, 3.8) is 0 Å². The summed E-state index contributed by atoms with van der Waals surface area (Å²) in [6, 6.07) is 7.69. The fourth-order valence-corrected chi connectivity index (χ4v) is 7.19. The summed E-state index contributed by atoms with van der Waals surface area (Å²) in [6.07, 6.45) is 11.3. The highest BCUT2D eigenvalue weighted by Gasteiger charge is 2.25. The van der Waals surface area contributed by atoms with E-state index in [9.17, 15) is 28.1 Å². The molecule has 0 radical (unpaired) electrons. The van der Waals surface area contributed by atoms with Gasteiger partial charge in [-0.05, 0) is 103 Å². The van der Waals surface area contributed by atoms with Gasteiger partial charge < -0.3 is 16.0 Å². The van der Waals surface area contributed by atoms with Crippen molar-refractivity contribution < 1.29 is 27.6 Å². The highest BCUT2D eigenvalue weighted by Crippen LogP contribution is 2.36. The number of aryl methyl sites for hydroxylation is 2. The van der Waals surface area contributed by atoms with Crippen LogP contribution in [-0.2, 0) is 27.8 Å². The number of anilines is 2. The molecule has 0 unspecified atom stereocenters. The van der Waals surface area contributed by atoms with Gasteiger partial charge in [0.05, 0.1) is 21.2 Å². The molecule has 272 valence electrons. The number of nitro benzene ring substituents is 1. The number of nitrogens with zero attached hydrogens (tertiary/aromatic N) is 6. The molecule has 52 heavy (non-hydrogen) atoms. The number of carbonyl (C=O) groups is 2. The number of fused-ring (bicyclic) bond motifs is 2. The molecule has 2 aliphatic carbocycles. The minimum absolute atomic E-state index is 0.0652. The Morgan fingerprint density at radius 1 is 1.04 bits per heavy atom. The Labute approximate surface area is 298 Å². The van der Waals surface area contributed by atoms with Crippen molar-refractivity contribution in [3.05, 3.63) is 93.5 Å². The lowest BCUT2D eigenvalue weighted by Gasteiger charge is -2.17. The zero-order chi connectivity index (χ0) is 36.7. The van der Waals surface area contributed by atoms with E-state index in [1.54, 1.807) is 23.0 Å². The van der Waals surface area contributed by atoms with E-state index in [-0.39, 0.29) is 39.6 Å². The lowest BCUT2D eigenvalue weighted by Crippen LogP contribution is -2.39. The van der Waals surface area contributed by atoms with Crippen LogP contribution in [0.3, 0.4) is 0 Å². The molecular weight excluding hydrogens is 693 g/mol. The third-order valence-corrected chi connectivity index (χ3v) is 10.1. The van der Waals surface area contributed by atoms with Gasteiger partial charge in [-0.25, -0.2) is 22.6 Å². The first kappa shape index (κ1) is 35.9. The van der Waals surface area contributed by atoms with Crippen LogP contribution < -0.4 is 20.7 Å². The maximum atomic E-state index is 13.2. The molecule has 2 aromatic carbocycles. The average molecular weight is 731 g/mol. The number of hydrogen-bond donors (Lipinski definition) is 4. The van der Waals surface area contributed by atoms with E-state index in [2.05, 4.69) is 58.6 Å². The summed E-state index contributed by atoms with van der Waals surface area (Å²) < 4.78 is 34.8. The fraction of sp³-hybridized carbons (Fsp3) is 0.353. The Bertz CT molecular complexity index is 2190. The number of hydrogen-bond acceptors (Lipinski definition) is 12. The lowest BCUT2D eigenvalue weighted by atomic mass is 10.0. The van der Waals surface area contributed by atoms with Gasteiger partial charge in [-0.3, -0.25) is 19.6 Å². The molecule has 0 aliphatic heterocycles. The number of amides is 3. The first-order valence-corrected chi connectivity index (χ1v) is 18.4. The number of nitrogens with one attached hydrogen (secondary N) is 4. The topological polar surface area (TPSA) is 229 Å². The van der Waals surface area contributed by atoms with Crippen LogP contribution in [0.25, 0.3) is 11.0 Å². The van der Waals surface area contributed by atoms with Crippen molar-refractivity contribution in [2.45, 2.75) is 75.6 Å². The van der Waals surface area contributed by atoms with Crippen LogP contribution in [0.1, 0.15) is 63.5 Å². The van der Waals surface area contributed by atoms with Crippen molar-refractivity contribution in [2.24, 2.45) is 0 Å². The van der Waals surface area contributed by atoms with E-state index in [1.807, 2.05) is 0 Å². The maximum Gasteiger partial charge on any atom is 0.333 e. The van der Waals surface area contributed by atoms with Gasteiger partial charge in [0.1, 0.15) is 0 Å². The van der Waals surface area contributed by atoms with E-state index in [0.717, 1.165) is 49.7 Å². The van der Waals surface area contributed by atoms with Crippen LogP contribution in [-0.4, -0.2) is 57.1 Å². The predicted octanol–water partition coefficient (Wildman–Crippen LogP) is 5.28. The predicted molar refractivity (Wildman–Crippen MR) is 190 cm³/mol. The maximum absolute atomic E-state index is 13.2. The van der Waals surface area contributed by atoms with Crippen molar-refractivity contribution in [1.29, 1.82) is 0 Å². The third-order valence-electron chi connectivity index (χ3n) is 8.80. The number of urea groups is 1. The second-order valence-electron chi connectivity index (χ2n) is 12.5. The summed E-state index contributed by atoms with van der Waals surface area (Å²) in [7, 11) is -4.26. The second kappa shape index (κ2) is 16.0. The lowest BCUT2D eigenvalue weighted by molar-refractivity contribution is -0.383. The van der Waals surface area contributed by atoms with Crippen LogP contribution in [0.5, 0.6) is 0 Å². The number of rotatable bonds is 13. The average Bonchev–Trinajstić information content (AvgIpc) is 3.89. The molecule has 1 fully saturated rings. The summed E-state index contributed by atoms with van der Waals surface area (Å²) in [4.78, 5) is 36.2. The zero-order valence-electron chi connectivity index (χ0n) is 28.3. The molecule has 18 heteroatoms. The van der Waals surface area contributed by atoms with Crippen LogP contribution in [0.15, 0.2) is 87.2 Å². The van der Waals surface area contributed by atoms with E-state index < -0.39 is 21.0 Å². The largest absolute Gasteiger partial charge is 0.383 e. The zero-order valence-corrected chi connectivity index (χ0v) is 29.1. The van der Waals surface area contributed by atoms with Gasteiger partial charge in [-0.15, -0.1) is 5.10 Å². The summed E-state index contributed by atoms with van der Waals surface area (Å²) in [5.41, 5.74) is 5.14. The Morgan fingerprint density at radius 2 is 1.88 bits per heavy atom. The van der Waals surface area contributed by atoms with E-state index >= 15 is 0 Å². The number of carbonyl (C=O) groups excluding carboxylic acids is 2. The molecule has 2 heterocycles. The standard InChI is InChI=1S/C34H38N10O7S/c1-22-8-3-2-4-9-23-10-5-13-27(23)31(22)37-34(46)41-52(49,50)26-12-6-11-24(20-26)36-30(45)17-14-25-21-43(42-38-25)19-7-18-35-28-15-16-29(44(47)48)33-32(28)39-51-40-33/h6,9,11-12,15-16,20-21,35H,1-5,7-8,10,13-14,17-19H2,(H,36,45)(H2,37,41,46)/b23-9-,31-27?. The Hall–Kier alpha value is -5.91. The normalized spacial score (nSPS) is 15.9. The molecule has 0 saturated heterocycles. The Balaban J connectivity index is 0.972. The number of non-ortho nitro benzene ring substituents is 1. The number of sulfonamides is 1. The van der Waals surface area contributed by atoms with Gasteiger partial charge in [-0.2, -0.15) is 0 Å². The SMILES string of the molecule is C=C1CCCC/C=C2/CCCC2=C1NC(=O)NS(=O)(=O)c1cccc(NC(=O)CCc2cn(CCCNc3ccc([N+](=O)[O-])c4nonc34)nn2)c1. The summed E-state index contributed by atoms with van der Waals surface area (Å²) in [5, 5.41) is 35.4. The van der Waals surface area contributed by atoms with Crippen molar-refractivity contribution in [2.75, 3.05) is 17.2 Å². The first-order chi connectivity index (χ1) is 25.1. The number of aromatic nitrogens is 5. The molecule has 0 atom stereocenters. The molecule has 17 nitrogen and oxygen atoms in total. The van der Waals surface area contributed by atoms with Gasteiger partial charge in [0.15, 0.2) is 5.52 Å². The molecule has 0 spiro atoms. The molecule has 6 rings (SSSR count). The minimum Gasteiger partial charge on any atom is -0.383 e. The Kier molecular flexibility index (Phi) is 11.0. The Morgan fingerprint density at radius 3 is 2.73 bits per heavy atom. The first-order valence-electron chi connectivity index (χ1n) is 16.9.